The molecule has 0 aliphatic rings. The van der Waals surface area contributed by atoms with Gasteiger partial charge < -0.3 is 5.32 Å². The van der Waals surface area contributed by atoms with Gasteiger partial charge >= 0.3 is 0 Å². The van der Waals surface area contributed by atoms with Crippen LogP contribution in [0, 0.1) is 0 Å². The minimum Gasteiger partial charge on any atom is -0.376 e. The molecule has 1 heterocycles. The van der Waals surface area contributed by atoms with Gasteiger partial charge in [-0.1, -0.05) is 31.2 Å². The van der Waals surface area contributed by atoms with Crippen molar-refractivity contribution in [2.45, 2.75) is 26.3 Å². The van der Waals surface area contributed by atoms with Crippen LogP contribution >= 0.6 is 15.9 Å². The molecule has 0 spiro atoms. The number of aromatic nitrogens is 2. The highest BCUT2D eigenvalue weighted by Crippen LogP contribution is 2.23. The summed E-state index contributed by atoms with van der Waals surface area (Å²) in [4.78, 5) is 11.8. The molecular weight excluding hydrogens is 318 g/mol. The van der Waals surface area contributed by atoms with Gasteiger partial charge in [-0.2, -0.15) is 5.10 Å². The van der Waals surface area contributed by atoms with Crippen LogP contribution in [0.1, 0.15) is 31.0 Å². The minimum atomic E-state index is -0.150. The van der Waals surface area contributed by atoms with E-state index in [2.05, 4.69) is 64.5 Å². The maximum Gasteiger partial charge on any atom is 0.282 e. The molecule has 20 heavy (non-hydrogen) atoms. The Bertz CT molecular complexity index is 649. The number of hydrogen-bond donors (Lipinski definition) is 1. The second kappa shape index (κ2) is 6.22. The number of nitrogens with one attached hydrogen (secondary N) is 1. The number of halogens is 1. The van der Waals surface area contributed by atoms with E-state index in [-0.39, 0.29) is 11.6 Å². The van der Waals surface area contributed by atoms with Crippen molar-refractivity contribution in [2.24, 2.45) is 7.05 Å². The fourth-order valence-electron chi connectivity index (χ4n) is 1.97. The maximum absolute atomic E-state index is 11.8. The first-order valence-electron chi connectivity index (χ1n) is 6.60. The number of nitrogens with zero attached hydrogens (tertiary/aromatic N) is 2. The van der Waals surface area contributed by atoms with Gasteiger partial charge in [0, 0.05) is 13.1 Å². The number of hydrogen-bond acceptors (Lipinski definition) is 3. The zero-order chi connectivity index (χ0) is 14.7. The summed E-state index contributed by atoms with van der Waals surface area (Å²) < 4.78 is 1.81. The van der Waals surface area contributed by atoms with Crippen LogP contribution in [-0.4, -0.2) is 9.78 Å². The number of aryl methyl sites for hydroxylation is 2. The highest BCUT2D eigenvalue weighted by Gasteiger charge is 2.11. The van der Waals surface area contributed by atoms with E-state index in [1.165, 1.54) is 15.8 Å². The lowest BCUT2D eigenvalue weighted by Gasteiger charge is -2.17. The zero-order valence-corrected chi connectivity index (χ0v) is 13.4. The van der Waals surface area contributed by atoms with Gasteiger partial charge in [-0.3, -0.25) is 4.79 Å². The number of anilines is 1. The third kappa shape index (κ3) is 3.10. The van der Waals surface area contributed by atoms with E-state index < -0.39 is 0 Å². The molecule has 2 aromatic rings. The summed E-state index contributed by atoms with van der Waals surface area (Å²) in [5.74, 6) is 0. The molecule has 0 amide bonds. The van der Waals surface area contributed by atoms with Gasteiger partial charge in [0.15, 0.2) is 0 Å². The van der Waals surface area contributed by atoms with Crippen molar-refractivity contribution in [3.63, 3.8) is 0 Å². The fraction of sp³-hybridized carbons (Fsp3) is 0.333. The molecule has 106 valence electrons. The van der Waals surface area contributed by atoms with Crippen LogP contribution in [0.25, 0.3) is 0 Å². The Labute approximate surface area is 127 Å². The van der Waals surface area contributed by atoms with Crippen LogP contribution in [0.4, 0.5) is 5.69 Å². The van der Waals surface area contributed by atoms with Gasteiger partial charge in [-0.05, 0) is 40.4 Å². The van der Waals surface area contributed by atoms with E-state index in [0.29, 0.717) is 10.2 Å². The maximum atomic E-state index is 11.8. The van der Waals surface area contributed by atoms with Crippen molar-refractivity contribution in [1.29, 1.82) is 0 Å². The summed E-state index contributed by atoms with van der Waals surface area (Å²) in [7, 11) is 1.63. The van der Waals surface area contributed by atoms with Crippen LogP contribution in [0.5, 0.6) is 0 Å². The average molecular weight is 336 g/mol. The SMILES string of the molecule is CCc1ccc(C(C)Nc2cnn(C)c(=O)c2Br)cc1. The molecule has 1 unspecified atom stereocenters. The van der Waals surface area contributed by atoms with Crippen LogP contribution in [0.3, 0.4) is 0 Å². The molecular formula is C15H18BrN3O. The van der Waals surface area contributed by atoms with Crippen LogP contribution in [0.2, 0.25) is 0 Å². The normalized spacial score (nSPS) is 12.2. The quantitative estimate of drug-likeness (QED) is 0.932. The Morgan fingerprint density at radius 3 is 2.60 bits per heavy atom. The van der Waals surface area contributed by atoms with Crippen molar-refractivity contribution >= 4 is 21.6 Å². The molecule has 0 fully saturated rings. The van der Waals surface area contributed by atoms with Crippen LogP contribution in [-0.2, 0) is 13.5 Å². The molecule has 4 nitrogen and oxygen atoms in total. The van der Waals surface area contributed by atoms with Crippen molar-refractivity contribution in [3.8, 4) is 0 Å². The number of benzene rings is 1. The largest absolute Gasteiger partial charge is 0.376 e. The smallest absolute Gasteiger partial charge is 0.282 e. The van der Waals surface area contributed by atoms with Crippen molar-refractivity contribution in [2.75, 3.05) is 5.32 Å². The molecule has 1 aromatic carbocycles. The van der Waals surface area contributed by atoms with Crippen molar-refractivity contribution in [1.82, 2.24) is 9.78 Å². The molecule has 0 radical (unpaired) electrons. The molecule has 0 saturated carbocycles. The summed E-state index contributed by atoms with van der Waals surface area (Å²) in [6.07, 6.45) is 2.69. The second-order valence-electron chi connectivity index (χ2n) is 4.76. The highest BCUT2D eigenvalue weighted by atomic mass is 79.9. The predicted octanol–water partition coefficient (Wildman–Crippen LogP) is 3.28. The lowest BCUT2D eigenvalue weighted by atomic mass is 10.0. The van der Waals surface area contributed by atoms with Crippen LogP contribution < -0.4 is 10.9 Å². The monoisotopic (exact) mass is 335 g/mol. The van der Waals surface area contributed by atoms with Gasteiger partial charge in [0.05, 0.1) is 11.9 Å². The topological polar surface area (TPSA) is 46.9 Å². The lowest BCUT2D eigenvalue weighted by Crippen LogP contribution is -2.22. The second-order valence-corrected chi connectivity index (χ2v) is 5.56. The van der Waals surface area contributed by atoms with Crippen molar-refractivity contribution in [3.05, 3.63) is 56.4 Å². The predicted molar refractivity (Wildman–Crippen MR) is 85.0 cm³/mol. The molecule has 1 aromatic heterocycles. The highest BCUT2D eigenvalue weighted by molar-refractivity contribution is 9.10. The van der Waals surface area contributed by atoms with Gasteiger partial charge in [0.1, 0.15) is 4.47 Å². The number of rotatable bonds is 4. The van der Waals surface area contributed by atoms with Crippen LogP contribution in [0.15, 0.2) is 39.7 Å². The van der Waals surface area contributed by atoms with Gasteiger partial charge in [-0.25, -0.2) is 4.68 Å². The summed E-state index contributed by atoms with van der Waals surface area (Å²) in [6.45, 7) is 4.20. The molecule has 0 saturated heterocycles. The van der Waals surface area contributed by atoms with E-state index in [1.54, 1.807) is 13.2 Å². The molecule has 0 aliphatic heterocycles. The van der Waals surface area contributed by atoms with E-state index >= 15 is 0 Å². The summed E-state index contributed by atoms with van der Waals surface area (Å²) >= 11 is 3.32. The van der Waals surface area contributed by atoms with Crippen molar-refractivity contribution < 1.29 is 0 Å². The Kier molecular flexibility index (Phi) is 4.60. The minimum absolute atomic E-state index is 0.103. The Morgan fingerprint density at radius 2 is 2.00 bits per heavy atom. The van der Waals surface area contributed by atoms with E-state index in [4.69, 9.17) is 0 Å². The van der Waals surface area contributed by atoms with E-state index in [9.17, 15) is 4.79 Å². The van der Waals surface area contributed by atoms with Gasteiger partial charge in [-0.15, -0.1) is 0 Å². The molecule has 5 heteroatoms. The Balaban J connectivity index is 2.21. The summed E-state index contributed by atoms with van der Waals surface area (Å²) in [6, 6.07) is 8.58. The zero-order valence-electron chi connectivity index (χ0n) is 11.9. The summed E-state index contributed by atoms with van der Waals surface area (Å²) in [5.41, 5.74) is 3.05. The molecule has 1 N–H and O–H groups in total. The first-order valence-corrected chi connectivity index (χ1v) is 7.39. The van der Waals surface area contributed by atoms with Gasteiger partial charge in [0.2, 0.25) is 0 Å². The first-order chi connectivity index (χ1) is 9.52. The summed E-state index contributed by atoms with van der Waals surface area (Å²) in [5, 5.41) is 7.33. The average Bonchev–Trinajstić information content (AvgIpc) is 2.48. The fourth-order valence-corrected chi connectivity index (χ4v) is 2.44. The Hall–Kier alpha value is -1.62. The molecule has 0 aliphatic carbocycles. The Morgan fingerprint density at radius 1 is 1.35 bits per heavy atom. The standard InChI is InChI=1S/C15H18BrN3O/c1-4-11-5-7-12(8-6-11)10(2)18-13-9-17-19(3)15(20)14(13)16/h5-10,18H,4H2,1-3H3. The molecule has 0 bridgehead atoms. The third-order valence-electron chi connectivity index (χ3n) is 3.34. The van der Waals surface area contributed by atoms with Gasteiger partial charge in [0.25, 0.3) is 5.56 Å². The lowest BCUT2D eigenvalue weighted by molar-refractivity contribution is 0.701. The molecule has 2 rings (SSSR count). The third-order valence-corrected chi connectivity index (χ3v) is 4.10. The van der Waals surface area contributed by atoms with E-state index in [0.717, 1.165) is 6.42 Å². The molecule has 1 atom stereocenters. The first kappa shape index (κ1) is 14.8. The van der Waals surface area contributed by atoms with E-state index in [1.807, 2.05) is 0 Å².